The molecule has 1 fully saturated rings. The molecule has 2 rings (SSSR count). The fourth-order valence-corrected chi connectivity index (χ4v) is 2.15. The molecule has 100 valence electrons. The normalized spacial score (nSPS) is 14.8. The van der Waals surface area contributed by atoms with Crippen molar-refractivity contribution < 1.29 is 4.79 Å². The Bertz CT molecular complexity index is 434. The number of aryl methyl sites for hydroxylation is 2. The molecular weight excluding hydrogens is 228 g/mol. The van der Waals surface area contributed by atoms with Crippen molar-refractivity contribution >= 4 is 11.6 Å². The first-order valence-corrected chi connectivity index (χ1v) is 6.74. The molecule has 0 spiro atoms. The van der Waals surface area contributed by atoms with Crippen molar-refractivity contribution in [2.24, 2.45) is 5.92 Å². The van der Waals surface area contributed by atoms with Gasteiger partial charge in [-0.2, -0.15) is 5.10 Å². The third-order valence-corrected chi connectivity index (χ3v) is 3.46. The second-order valence-electron chi connectivity index (χ2n) is 5.00. The van der Waals surface area contributed by atoms with Gasteiger partial charge in [-0.15, -0.1) is 0 Å². The molecule has 0 radical (unpaired) electrons. The molecule has 1 aromatic heterocycles. The van der Waals surface area contributed by atoms with Gasteiger partial charge in [0.05, 0.1) is 11.4 Å². The lowest BCUT2D eigenvalue weighted by Gasteiger charge is -2.07. The van der Waals surface area contributed by atoms with E-state index >= 15 is 0 Å². The quantitative estimate of drug-likeness (QED) is 0.755. The van der Waals surface area contributed by atoms with Crippen molar-refractivity contribution in [2.75, 3.05) is 12.3 Å². The second kappa shape index (κ2) is 5.42. The Labute approximate surface area is 108 Å². The van der Waals surface area contributed by atoms with Crippen LogP contribution in [0.4, 0.5) is 5.69 Å². The third kappa shape index (κ3) is 2.83. The number of hydrogen-bond acceptors (Lipinski definition) is 3. The Balaban J connectivity index is 1.90. The van der Waals surface area contributed by atoms with Crippen LogP contribution in [0.5, 0.6) is 0 Å². The topological polar surface area (TPSA) is 72.9 Å². The Morgan fingerprint density at radius 3 is 2.89 bits per heavy atom. The van der Waals surface area contributed by atoms with E-state index in [1.54, 1.807) is 4.68 Å². The Kier molecular flexibility index (Phi) is 3.89. The minimum absolute atomic E-state index is 0.106. The summed E-state index contributed by atoms with van der Waals surface area (Å²) >= 11 is 0. The van der Waals surface area contributed by atoms with Gasteiger partial charge in [-0.25, -0.2) is 0 Å². The number of carbonyl (C=O) groups is 1. The highest BCUT2D eigenvalue weighted by molar-refractivity contribution is 5.97. The lowest BCUT2D eigenvalue weighted by molar-refractivity contribution is 0.0943. The van der Waals surface area contributed by atoms with Gasteiger partial charge in [0, 0.05) is 13.1 Å². The summed E-state index contributed by atoms with van der Waals surface area (Å²) in [5, 5.41) is 7.18. The summed E-state index contributed by atoms with van der Waals surface area (Å²) in [6, 6.07) is 0. The molecule has 0 aliphatic heterocycles. The van der Waals surface area contributed by atoms with Crippen LogP contribution in [-0.4, -0.2) is 22.2 Å². The van der Waals surface area contributed by atoms with Gasteiger partial charge in [-0.05, 0) is 32.6 Å². The molecule has 1 aromatic rings. The van der Waals surface area contributed by atoms with E-state index in [0.717, 1.165) is 24.6 Å². The van der Waals surface area contributed by atoms with E-state index in [1.165, 1.54) is 19.3 Å². The molecule has 3 N–H and O–H groups in total. The number of nitrogen functional groups attached to an aromatic ring is 1. The minimum atomic E-state index is -0.106. The SMILES string of the molecule is CCn1nc(C)c(N)c1C(=O)NCCCC1CC1. The summed E-state index contributed by atoms with van der Waals surface area (Å²) in [6.45, 7) is 5.16. The first-order valence-electron chi connectivity index (χ1n) is 6.74. The highest BCUT2D eigenvalue weighted by Crippen LogP contribution is 2.33. The van der Waals surface area contributed by atoms with Crippen molar-refractivity contribution in [1.82, 2.24) is 15.1 Å². The average Bonchev–Trinajstić information content (AvgIpc) is 3.12. The van der Waals surface area contributed by atoms with Crippen LogP contribution in [-0.2, 0) is 6.54 Å². The molecule has 1 amide bonds. The van der Waals surface area contributed by atoms with Gasteiger partial charge >= 0.3 is 0 Å². The molecule has 0 bridgehead atoms. The highest BCUT2D eigenvalue weighted by Gasteiger charge is 2.21. The molecule has 0 atom stereocenters. The standard InChI is InChI=1S/C13H22N4O/c1-3-17-12(11(14)9(2)16-17)13(18)15-8-4-5-10-6-7-10/h10H,3-8,14H2,1-2H3,(H,15,18). The fourth-order valence-electron chi connectivity index (χ4n) is 2.15. The van der Waals surface area contributed by atoms with Gasteiger partial charge in [0.1, 0.15) is 5.69 Å². The largest absolute Gasteiger partial charge is 0.395 e. The van der Waals surface area contributed by atoms with E-state index in [4.69, 9.17) is 5.73 Å². The summed E-state index contributed by atoms with van der Waals surface area (Å²) in [5.74, 6) is 0.807. The van der Waals surface area contributed by atoms with Gasteiger partial charge in [0.2, 0.25) is 0 Å². The summed E-state index contributed by atoms with van der Waals surface area (Å²) in [4.78, 5) is 12.1. The average molecular weight is 250 g/mol. The fraction of sp³-hybridized carbons (Fsp3) is 0.692. The van der Waals surface area contributed by atoms with Crippen molar-refractivity contribution in [2.45, 2.75) is 46.1 Å². The first kappa shape index (κ1) is 12.9. The molecule has 1 aliphatic rings. The van der Waals surface area contributed by atoms with Crippen molar-refractivity contribution in [3.8, 4) is 0 Å². The maximum atomic E-state index is 12.1. The zero-order chi connectivity index (χ0) is 13.1. The summed E-state index contributed by atoms with van der Waals surface area (Å²) in [7, 11) is 0. The molecule has 1 heterocycles. The highest BCUT2D eigenvalue weighted by atomic mass is 16.2. The predicted molar refractivity (Wildman–Crippen MR) is 71.3 cm³/mol. The van der Waals surface area contributed by atoms with Crippen molar-refractivity contribution in [3.05, 3.63) is 11.4 Å². The third-order valence-electron chi connectivity index (χ3n) is 3.46. The maximum Gasteiger partial charge on any atom is 0.271 e. The van der Waals surface area contributed by atoms with Crippen LogP contribution < -0.4 is 11.1 Å². The van der Waals surface area contributed by atoms with E-state index in [9.17, 15) is 4.79 Å². The zero-order valence-electron chi connectivity index (χ0n) is 11.2. The minimum Gasteiger partial charge on any atom is -0.395 e. The van der Waals surface area contributed by atoms with E-state index in [0.29, 0.717) is 17.9 Å². The molecule has 0 saturated heterocycles. The number of anilines is 1. The number of hydrogen-bond donors (Lipinski definition) is 2. The Hall–Kier alpha value is -1.52. The van der Waals surface area contributed by atoms with Crippen LogP contribution in [0, 0.1) is 12.8 Å². The molecule has 18 heavy (non-hydrogen) atoms. The lowest BCUT2D eigenvalue weighted by Crippen LogP contribution is -2.28. The number of nitrogens with zero attached hydrogens (tertiary/aromatic N) is 2. The van der Waals surface area contributed by atoms with Gasteiger partial charge in [-0.3, -0.25) is 9.48 Å². The van der Waals surface area contributed by atoms with Crippen LogP contribution in [0.25, 0.3) is 0 Å². The number of amides is 1. The molecule has 1 aliphatic carbocycles. The van der Waals surface area contributed by atoms with Gasteiger partial charge in [0.25, 0.3) is 5.91 Å². The van der Waals surface area contributed by atoms with E-state index in [2.05, 4.69) is 10.4 Å². The summed E-state index contributed by atoms with van der Waals surface area (Å²) in [5.41, 5.74) is 7.62. The van der Waals surface area contributed by atoms with Crippen LogP contribution in [0.2, 0.25) is 0 Å². The second-order valence-corrected chi connectivity index (χ2v) is 5.00. The number of aromatic nitrogens is 2. The molecule has 5 heteroatoms. The smallest absolute Gasteiger partial charge is 0.271 e. The number of nitrogens with two attached hydrogens (primary N) is 1. The molecule has 1 saturated carbocycles. The van der Waals surface area contributed by atoms with Crippen LogP contribution >= 0.6 is 0 Å². The van der Waals surface area contributed by atoms with Gasteiger partial charge in [-0.1, -0.05) is 12.8 Å². The van der Waals surface area contributed by atoms with Crippen LogP contribution in [0.3, 0.4) is 0 Å². The first-order chi connectivity index (χ1) is 8.63. The Morgan fingerprint density at radius 2 is 2.28 bits per heavy atom. The lowest BCUT2D eigenvalue weighted by atomic mass is 10.2. The zero-order valence-corrected chi connectivity index (χ0v) is 11.2. The number of carbonyl (C=O) groups excluding carboxylic acids is 1. The monoisotopic (exact) mass is 250 g/mol. The maximum absolute atomic E-state index is 12.1. The van der Waals surface area contributed by atoms with Crippen molar-refractivity contribution in [1.29, 1.82) is 0 Å². The van der Waals surface area contributed by atoms with E-state index in [-0.39, 0.29) is 5.91 Å². The van der Waals surface area contributed by atoms with E-state index in [1.807, 2.05) is 13.8 Å². The number of rotatable bonds is 6. The summed E-state index contributed by atoms with van der Waals surface area (Å²) < 4.78 is 1.67. The molecule has 0 aromatic carbocycles. The molecule has 5 nitrogen and oxygen atoms in total. The molecule has 0 unspecified atom stereocenters. The van der Waals surface area contributed by atoms with E-state index < -0.39 is 0 Å². The Morgan fingerprint density at radius 1 is 1.56 bits per heavy atom. The predicted octanol–water partition coefficient (Wildman–Crippen LogP) is 1.71. The van der Waals surface area contributed by atoms with Gasteiger partial charge in [0.15, 0.2) is 0 Å². The van der Waals surface area contributed by atoms with Gasteiger partial charge < -0.3 is 11.1 Å². The van der Waals surface area contributed by atoms with Crippen LogP contribution in [0.1, 0.15) is 48.8 Å². The molecular formula is C13H22N4O. The summed E-state index contributed by atoms with van der Waals surface area (Å²) in [6.07, 6.45) is 5.00. The van der Waals surface area contributed by atoms with Crippen molar-refractivity contribution in [3.63, 3.8) is 0 Å². The van der Waals surface area contributed by atoms with Crippen LogP contribution in [0.15, 0.2) is 0 Å². The number of nitrogens with one attached hydrogen (secondary N) is 1.